The molecule has 0 saturated carbocycles. The molecule has 1 fully saturated rings. The van der Waals surface area contributed by atoms with Crippen molar-refractivity contribution in [3.05, 3.63) is 57.6 Å². The summed E-state index contributed by atoms with van der Waals surface area (Å²) >= 11 is 2.59. The lowest BCUT2D eigenvalue weighted by atomic mass is 10.3. The molecule has 2 heterocycles. The van der Waals surface area contributed by atoms with Crippen molar-refractivity contribution in [3.63, 3.8) is 0 Å². The molecule has 0 N–H and O–H groups in total. The number of amidine groups is 1. The van der Waals surface area contributed by atoms with Crippen molar-refractivity contribution >= 4 is 50.3 Å². The number of methoxy groups -OCH3 is 1. The average Bonchev–Trinajstić information content (AvgIpc) is 3.26. The van der Waals surface area contributed by atoms with Gasteiger partial charge in [-0.2, -0.15) is 8.42 Å². The maximum atomic E-state index is 12.8. The fourth-order valence-corrected chi connectivity index (χ4v) is 5.34. The normalized spacial score (nSPS) is 18.0. The minimum atomic E-state index is -3.90. The third-order valence-corrected chi connectivity index (χ3v) is 6.90. The second kappa shape index (κ2) is 8.83. The number of amides is 1. The molecule has 142 valence electrons. The fraction of sp³-hybridized carbons (Fsp3) is 0.222. The van der Waals surface area contributed by atoms with Crippen LogP contribution in [0.2, 0.25) is 0 Å². The molecule has 1 aromatic carbocycles. The van der Waals surface area contributed by atoms with Gasteiger partial charge in [0.1, 0.15) is 0 Å². The first-order valence-electron chi connectivity index (χ1n) is 8.15. The predicted molar refractivity (Wildman–Crippen MR) is 109 cm³/mol. The fourth-order valence-electron chi connectivity index (χ4n) is 2.39. The molecule has 1 saturated heterocycles. The van der Waals surface area contributed by atoms with Gasteiger partial charge in [0.15, 0.2) is 5.17 Å². The van der Waals surface area contributed by atoms with Crippen LogP contribution in [0.3, 0.4) is 0 Å². The maximum Gasteiger partial charge on any atom is 0.284 e. The summed E-state index contributed by atoms with van der Waals surface area (Å²) in [7, 11) is -2.32. The highest BCUT2D eigenvalue weighted by Crippen LogP contribution is 2.34. The van der Waals surface area contributed by atoms with Crippen molar-refractivity contribution in [1.82, 2.24) is 4.90 Å². The maximum absolute atomic E-state index is 12.8. The van der Waals surface area contributed by atoms with Gasteiger partial charge in [0.05, 0.1) is 9.80 Å². The van der Waals surface area contributed by atoms with E-state index in [0.717, 1.165) is 16.6 Å². The lowest BCUT2D eigenvalue weighted by Gasteiger charge is -2.15. The number of sulfonamides is 1. The first-order valence-corrected chi connectivity index (χ1v) is 11.3. The Morgan fingerprint density at radius 1 is 1.19 bits per heavy atom. The molecule has 0 bridgehead atoms. The Balaban J connectivity index is 1.94. The number of benzene rings is 1. The van der Waals surface area contributed by atoms with Crippen LogP contribution in [0.1, 0.15) is 11.3 Å². The minimum absolute atomic E-state index is 0.0954. The van der Waals surface area contributed by atoms with Crippen LogP contribution in [-0.2, 0) is 19.6 Å². The molecule has 3 rings (SSSR count). The number of carbonyl (C=O) groups excluding carboxylic acids is 1. The van der Waals surface area contributed by atoms with Gasteiger partial charge >= 0.3 is 0 Å². The summed E-state index contributed by atoms with van der Waals surface area (Å²) in [5.41, 5.74) is 0. The number of thiophene rings is 1. The molecule has 0 unspecified atom stereocenters. The van der Waals surface area contributed by atoms with Gasteiger partial charge < -0.3 is 4.74 Å². The summed E-state index contributed by atoms with van der Waals surface area (Å²) in [6.07, 6.45) is 2.35. The van der Waals surface area contributed by atoms with E-state index in [1.165, 1.54) is 28.4 Å². The van der Waals surface area contributed by atoms with Crippen LogP contribution in [0, 0.1) is 0 Å². The number of nitrogens with zero attached hydrogens (tertiary/aromatic N) is 2. The van der Waals surface area contributed by atoms with Crippen molar-refractivity contribution < 1.29 is 17.9 Å². The SMILES string of the molecule is COCCCN1C(=O)/C(=C/c2cccs2)S/C1=N/S(=O)(=O)c1ccccc1. The molecule has 1 amide bonds. The van der Waals surface area contributed by atoms with Crippen molar-refractivity contribution in [2.75, 3.05) is 20.3 Å². The molecule has 0 atom stereocenters. The van der Waals surface area contributed by atoms with E-state index in [1.54, 1.807) is 31.4 Å². The van der Waals surface area contributed by atoms with E-state index in [0.29, 0.717) is 24.5 Å². The molecule has 6 nitrogen and oxygen atoms in total. The Morgan fingerprint density at radius 2 is 1.96 bits per heavy atom. The molecule has 0 aliphatic carbocycles. The van der Waals surface area contributed by atoms with Gasteiger partial charge in [-0.1, -0.05) is 24.3 Å². The quantitative estimate of drug-likeness (QED) is 0.505. The van der Waals surface area contributed by atoms with Crippen molar-refractivity contribution in [3.8, 4) is 0 Å². The van der Waals surface area contributed by atoms with Crippen LogP contribution >= 0.6 is 23.1 Å². The van der Waals surface area contributed by atoms with E-state index in [-0.39, 0.29) is 16.0 Å². The van der Waals surface area contributed by atoms with Crippen LogP contribution < -0.4 is 0 Å². The second-order valence-corrected chi connectivity index (χ2v) is 9.18. The monoisotopic (exact) mass is 422 g/mol. The zero-order chi connectivity index (χ0) is 19.3. The molecule has 0 radical (unpaired) electrons. The molecule has 1 aliphatic heterocycles. The van der Waals surface area contributed by atoms with Gasteiger partial charge in [-0.15, -0.1) is 15.7 Å². The summed E-state index contributed by atoms with van der Waals surface area (Å²) in [4.78, 5) is 15.7. The zero-order valence-corrected chi connectivity index (χ0v) is 17.0. The second-order valence-electron chi connectivity index (χ2n) is 5.59. The van der Waals surface area contributed by atoms with Crippen molar-refractivity contribution in [2.24, 2.45) is 4.40 Å². The highest BCUT2D eigenvalue weighted by molar-refractivity contribution is 8.19. The molecule has 0 spiro atoms. The molecule has 1 aromatic heterocycles. The number of hydrogen-bond donors (Lipinski definition) is 0. The van der Waals surface area contributed by atoms with Crippen LogP contribution in [0.4, 0.5) is 0 Å². The number of carbonyl (C=O) groups is 1. The molecular weight excluding hydrogens is 404 g/mol. The average molecular weight is 423 g/mol. The Bertz CT molecular complexity index is 952. The van der Waals surface area contributed by atoms with E-state index < -0.39 is 10.0 Å². The highest BCUT2D eigenvalue weighted by atomic mass is 32.2. The number of rotatable bonds is 7. The summed E-state index contributed by atoms with van der Waals surface area (Å²) in [6.45, 7) is 0.807. The molecule has 1 aliphatic rings. The molecule has 9 heteroatoms. The van der Waals surface area contributed by atoms with Crippen LogP contribution in [0.15, 0.2) is 62.0 Å². The van der Waals surface area contributed by atoms with Gasteiger partial charge in [0.2, 0.25) is 0 Å². The summed E-state index contributed by atoms with van der Waals surface area (Å²) in [6, 6.07) is 11.8. The van der Waals surface area contributed by atoms with Crippen molar-refractivity contribution in [2.45, 2.75) is 11.3 Å². The van der Waals surface area contributed by atoms with Gasteiger partial charge in [-0.05, 0) is 47.8 Å². The van der Waals surface area contributed by atoms with Gasteiger partial charge in [-0.25, -0.2) is 0 Å². The first kappa shape index (κ1) is 19.8. The zero-order valence-electron chi connectivity index (χ0n) is 14.6. The van der Waals surface area contributed by atoms with E-state index in [4.69, 9.17) is 4.74 Å². The largest absolute Gasteiger partial charge is 0.385 e. The van der Waals surface area contributed by atoms with Crippen LogP contribution in [-0.4, -0.2) is 44.7 Å². The third-order valence-electron chi connectivity index (χ3n) is 3.67. The number of hydrogen-bond acceptors (Lipinski definition) is 6. The van der Waals surface area contributed by atoms with Gasteiger partial charge in [0.25, 0.3) is 15.9 Å². The minimum Gasteiger partial charge on any atom is -0.385 e. The van der Waals surface area contributed by atoms with E-state index in [1.807, 2.05) is 17.5 Å². The Kier molecular flexibility index (Phi) is 6.48. The number of thioether (sulfide) groups is 1. The summed E-state index contributed by atoms with van der Waals surface area (Å²) in [5.74, 6) is -0.244. The van der Waals surface area contributed by atoms with E-state index in [2.05, 4.69) is 4.40 Å². The summed E-state index contributed by atoms with van der Waals surface area (Å²) < 4.78 is 34.2. The first-order chi connectivity index (χ1) is 13.0. The topological polar surface area (TPSA) is 76.0 Å². The summed E-state index contributed by atoms with van der Waals surface area (Å²) in [5, 5.41) is 2.09. The van der Waals surface area contributed by atoms with Crippen LogP contribution in [0.5, 0.6) is 0 Å². The lowest BCUT2D eigenvalue weighted by Crippen LogP contribution is -2.31. The van der Waals surface area contributed by atoms with Crippen LogP contribution in [0.25, 0.3) is 6.08 Å². The van der Waals surface area contributed by atoms with Gasteiger partial charge in [0, 0.05) is 25.1 Å². The highest BCUT2D eigenvalue weighted by Gasteiger charge is 2.34. The Morgan fingerprint density at radius 3 is 2.63 bits per heavy atom. The lowest BCUT2D eigenvalue weighted by molar-refractivity contribution is -0.122. The molecule has 27 heavy (non-hydrogen) atoms. The predicted octanol–water partition coefficient (Wildman–Crippen LogP) is 3.45. The Labute approximate surface area is 166 Å². The Hall–Kier alpha value is -1.94. The van der Waals surface area contributed by atoms with Crippen molar-refractivity contribution in [1.29, 1.82) is 0 Å². The van der Waals surface area contributed by atoms with E-state index >= 15 is 0 Å². The molecule has 2 aromatic rings. The standard InChI is InChI=1S/C18H18N2O4S3/c1-24-11-6-10-20-17(21)16(13-14-7-5-12-25-14)26-18(20)19-27(22,23)15-8-3-2-4-9-15/h2-5,7-9,12-13H,6,10-11H2,1H3/b16-13-,19-18+. The van der Waals surface area contributed by atoms with E-state index in [9.17, 15) is 13.2 Å². The van der Waals surface area contributed by atoms with Gasteiger partial charge in [-0.3, -0.25) is 9.69 Å². The molecular formula is C18H18N2O4S3. The smallest absolute Gasteiger partial charge is 0.284 e. The number of ether oxygens (including phenoxy) is 1. The third kappa shape index (κ3) is 4.86.